The van der Waals surface area contributed by atoms with Crippen LogP contribution in [-0.4, -0.2) is 32.4 Å². The molecule has 0 atom stereocenters. The number of nitrogens with zero attached hydrogens (tertiary/aromatic N) is 3. The van der Waals surface area contributed by atoms with Crippen LogP contribution in [0.4, 0.5) is 0 Å². The third-order valence-electron chi connectivity index (χ3n) is 3.33. The highest BCUT2D eigenvalue weighted by molar-refractivity contribution is 5.67. The first-order valence-corrected chi connectivity index (χ1v) is 6.38. The van der Waals surface area contributed by atoms with E-state index in [0.717, 1.165) is 24.5 Å². The van der Waals surface area contributed by atoms with Crippen molar-refractivity contribution in [2.45, 2.75) is 51.7 Å². The number of hydrogen-bond donors (Lipinski definition) is 1. The number of carboxylic acid groups (broad SMARTS) is 1. The van der Waals surface area contributed by atoms with Crippen LogP contribution < -0.4 is 0 Å². The van der Waals surface area contributed by atoms with E-state index in [9.17, 15) is 4.79 Å². The van der Waals surface area contributed by atoms with Crippen molar-refractivity contribution >= 4 is 5.97 Å². The molecule has 0 amide bonds. The molecule has 0 aliphatic heterocycles. The van der Waals surface area contributed by atoms with Crippen LogP contribution in [0.15, 0.2) is 0 Å². The van der Waals surface area contributed by atoms with E-state index in [1.807, 2.05) is 6.92 Å². The van der Waals surface area contributed by atoms with Crippen LogP contribution in [0, 0.1) is 6.92 Å². The van der Waals surface area contributed by atoms with E-state index in [1.54, 1.807) is 0 Å². The van der Waals surface area contributed by atoms with Crippen LogP contribution in [0.25, 0.3) is 0 Å². The van der Waals surface area contributed by atoms with E-state index in [2.05, 4.69) is 14.8 Å². The van der Waals surface area contributed by atoms with Gasteiger partial charge in [0.1, 0.15) is 19.0 Å². The summed E-state index contributed by atoms with van der Waals surface area (Å²) in [6, 6.07) is 0.442. The standard InChI is InChI=1S/C12H19N3O3/c1-9-13-14-11(7-18-8-12(16)17)15(9)10-5-3-2-4-6-10/h10H,2-8H2,1H3,(H,16,17). The fourth-order valence-electron chi connectivity index (χ4n) is 2.56. The van der Waals surface area contributed by atoms with Gasteiger partial charge in [-0.2, -0.15) is 0 Å². The summed E-state index contributed by atoms with van der Waals surface area (Å²) >= 11 is 0. The van der Waals surface area contributed by atoms with E-state index in [4.69, 9.17) is 9.84 Å². The summed E-state index contributed by atoms with van der Waals surface area (Å²) in [6.07, 6.45) is 6.05. The van der Waals surface area contributed by atoms with Gasteiger partial charge in [0.15, 0.2) is 5.82 Å². The third-order valence-corrected chi connectivity index (χ3v) is 3.33. The molecule has 1 saturated carbocycles. The van der Waals surface area contributed by atoms with Crippen LogP contribution in [0.1, 0.15) is 49.8 Å². The summed E-state index contributed by atoms with van der Waals surface area (Å²) in [5, 5.41) is 16.7. The van der Waals surface area contributed by atoms with Gasteiger partial charge in [-0.3, -0.25) is 0 Å². The molecule has 1 aromatic rings. The molecule has 6 nitrogen and oxygen atoms in total. The molecule has 0 radical (unpaired) electrons. The van der Waals surface area contributed by atoms with Crippen molar-refractivity contribution in [2.75, 3.05) is 6.61 Å². The molecule has 1 N–H and O–H groups in total. The van der Waals surface area contributed by atoms with Crippen LogP contribution in [-0.2, 0) is 16.1 Å². The van der Waals surface area contributed by atoms with Gasteiger partial charge < -0.3 is 14.4 Å². The fraction of sp³-hybridized carbons (Fsp3) is 0.750. The average Bonchev–Trinajstić information content (AvgIpc) is 2.71. The molecule has 2 rings (SSSR count). The number of hydrogen-bond acceptors (Lipinski definition) is 4. The van der Waals surface area contributed by atoms with Crippen molar-refractivity contribution in [2.24, 2.45) is 0 Å². The first kappa shape index (κ1) is 13.0. The highest BCUT2D eigenvalue weighted by Crippen LogP contribution is 2.29. The normalized spacial score (nSPS) is 16.9. The Morgan fingerprint density at radius 1 is 1.39 bits per heavy atom. The molecule has 0 spiro atoms. The van der Waals surface area contributed by atoms with Gasteiger partial charge in [-0.05, 0) is 19.8 Å². The van der Waals surface area contributed by atoms with Crippen LogP contribution >= 0.6 is 0 Å². The number of ether oxygens (including phenoxy) is 1. The first-order chi connectivity index (χ1) is 8.68. The SMILES string of the molecule is Cc1nnc(COCC(=O)O)n1C1CCCCC1. The molecule has 1 aliphatic carbocycles. The molecule has 1 aliphatic rings. The quantitative estimate of drug-likeness (QED) is 0.864. The lowest BCUT2D eigenvalue weighted by Gasteiger charge is -2.25. The minimum atomic E-state index is -0.963. The number of aryl methyl sites for hydroxylation is 1. The second-order valence-electron chi connectivity index (χ2n) is 4.71. The Hall–Kier alpha value is -1.43. The maximum Gasteiger partial charge on any atom is 0.329 e. The molecule has 18 heavy (non-hydrogen) atoms. The molecular formula is C12H19N3O3. The maximum atomic E-state index is 10.4. The molecule has 1 heterocycles. The van der Waals surface area contributed by atoms with Crippen LogP contribution in [0.2, 0.25) is 0 Å². The topological polar surface area (TPSA) is 77.2 Å². The van der Waals surface area contributed by atoms with Gasteiger partial charge in [-0.25, -0.2) is 4.79 Å². The largest absolute Gasteiger partial charge is 0.480 e. The lowest BCUT2D eigenvalue weighted by atomic mass is 9.95. The number of rotatable bonds is 5. The van der Waals surface area contributed by atoms with E-state index in [0.29, 0.717) is 6.04 Å². The number of carboxylic acids is 1. The number of aliphatic carboxylic acids is 1. The lowest BCUT2D eigenvalue weighted by molar-refractivity contribution is -0.142. The summed E-state index contributed by atoms with van der Waals surface area (Å²) in [7, 11) is 0. The summed E-state index contributed by atoms with van der Waals surface area (Å²) in [5.74, 6) is 0.659. The Balaban J connectivity index is 2.03. The van der Waals surface area contributed by atoms with Gasteiger partial charge in [0.2, 0.25) is 0 Å². The van der Waals surface area contributed by atoms with Gasteiger partial charge >= 0.3 is 5.97 Å². The second-order valence-corrected chi connectivity index (χ2v) is 4.71. The molecule has 1 fully saturated rings. The molecule has 0 unspecified atom stereocenters. The van der Waals surface area contributed by atoms with Crippen LogP contribution in [0.5, 0.6) is 0 Å². The summed E-state index contributed by atoms with van der Waals surface area (Å²) in [4.78, 5) is 10.4. The molecule has 100 valence electrons. The van der Waals surface area contributed by atoms with E-state index in [-0.39, 0.29) is 13.2 Å². The smallest absolute Gasteiger partial charge is 0.329 e. The molecule has 0 aromatic carbocycles. The molecular weight excluding hydrogens is 234 g/mol. The summed E-state index contributed by atoms with van der Waals surface area (Å²) in [6.45, 7) is 1.85. The van der Waals surface area contributed by atoms with E-state index in [1.165, 1.54) is 19.3 Å². The highest BCUT2D eigenvalue weighted by atomic mass is 16.5. The zero-order valence-electron chi connectivity index (χ0n) is 10.6. The minimum absolute atomic E-state index is 0.212. The predicted octanol–water partition coefficient (Wildman–Crippen LogP) is 1.69. The zero-order chi connectivity index (χ0) is 13.0. The number of aromatic nitrogens is 3. The van der Waals surface area contributed by atoms with E-state index < -0.39 is 5.97 Å². The van der Waals surface area contributed by atoms with Crippen molar-refractivity contribution in [3.8, 4) is 0 Å². The average molecular weight is 253 g/mol. The summed E-state index contributed by atoms with van der Waals surface area (Å²) in [5.41, 5.74) is 0. The molecule has 0 bridgehead atoms. The first-order valence-electron chi connectivity index (χ1n) is 6.38. The summed E-state index contributed by atoms with van der Waals surface area (Å²) < 4.78 is 7.22. The monoisotopic (exact) mass is 253 g/mol. The Morgan fingerprint density at radius 2 is 2.11 bits per heavy atom. The van der Waals surface area contributed by atoms with Gasteiger partial charge in [-0.15, -0.1) is 10.2 Å². The Kier molecular flexibility index (Phi) is 4.30. The van der Waals surface area contributed by atoms with Crippen molar-refractivity contribution in [3.05, 3.63) is 11.6 Å². The Labute approximate surface area is 106 Å². The van der Waals surface area contributed by atoms with Crippen LogP contribution in [0.3, 0.4) is 0 Å². The van der Waals surface area contributed by atoms with Crippen molar-refractivity contribution < 1.29 is 14.6 Å². The van der Waals surface area contributed by atoms with Gasteiger partial charge in [-0.1, -0.05) is 19.3 Å². The zero-order valence-corrected chi connectivity index (χ0v) is 10.6. The Bertz CT molecular complexity index is 411. The number of carbonyl (C=O) groups is 1. The lowest BCUT2D eigenvalue weighted by Crippen LogP contribution is -2.18. The third kappa shape index (κ3) is 3.07. The van der Waals surface area contributed by atoms with E-state index >= 15 is 0 Å². The second kappa shape index (κ2) is 5.95. The van der Waals surface area contributed by atoms with Crippen molar-refractivity contribution in [3.63, 3.8) is 0 Å². The molecule has 1 aromatic heterocycles. The maximum absolute atomic E-state index is 10.4. The molecule has 0 saturated heterocycles. The van der Waals surface area contributed by atoms with Gasteiger partial charge in [0.25, 0.3) is 0 Å². The fourth-order valence-corrected chi connectivity index (χ4v) is 2.56. The van der Waals surface area contributed by atoms with Crippen molar-refractivity contribution in [1.82, 2.24) is 14.8 Å². The predicted molar refractivity (Wildman–Crippen MR) is 64.2 cm³/mol. The highest BCUT2D eigenvalue weighted by Gasteiger charge is 2.20. The molecule has 6 heteroatoms. The van der Waals surface area contributed by atoms with Gasteiger partial charge in [0, 0.05) is 6.04 Å². The Morgan fingerprint density at radius 3 is 2.78 bits per heavy atom. The minimum Gasteiger partial charge on any atom is -0.480 e. The van der Waals surface area contributed by atoms with Gasteiger partial charge in [0.05, 0.1) is 0 Å². The van der Waals surface area contributed by atoms with Crippen molar-refractivity contribution in [1.29, 1.82) is 0 Å².